The van der Waals surface area contributed by atoms with E-state index in [9.17, 15) is 9.18 Å². The SMILES string of the molecule is O=C(NCCc1ccc(F)cc1)C1(n2cccn2)CCNCC1. The van der Waals surface area contributed by atoms with E-state index >= 15 is 0 Å². The predicted octanol–water partition coefficient (Wildman–Crippen LogP) is 1.46. The molecule has 0 radical (unpaired) electrons. The lowest BCUT2D eigenvalue weighted by molar-refractivity contribution is -0.131. The molecule has 1 aliphatic rings. The van der Waals surface area contributed by atoms with Crippen LogP contribution in [0.2, 0.25) is 0 Å². The van der Waals surface area contributed by atoms with Crippen molar-refractivity contribution < 1.29 is 9.18 Å². The summed E-state index contributed by atoms with van der Waals surface area (Å²) in [5, 5.41) is 10.6. The Morgan fingerprint density at radius 1 is 1.30 bits per heavy atom. The van der Waals surface area contributed by atoms with E-state index in [-0.39, 0.29) is 11.7 Å². The van der Waals surface area contributed by atoms with Crippen LogP contribution in [0.5, 0.6) is 0 Å². The number of nitrogens with one attached hydrogen (secondary N) is 2. The van der Waals surface area contributed by atoms with Crippen LogP contribution in [0.25, 0.3) is 0 Å². The lowest BCUT2D eigenvalue weighted by atomic mass is 9.87. The van der Waals surface area contributed by atoms with Crippen LogP contribution in [0.15, 0.2) is 42.7 Å². The fraction of sp³-hybridized carbons (Fsp3) is 0.412. The van der Waals surface area contributed by atoms with Crippen molar-refractivity contribution in [1.29, 1.82) is 0 Å². The summed E-state index contributed by atoms with van der Waals surface area (Å²) in [6, 6.07) is 8.21. The van der Waals surface area contributed by atoms with E-state index in [0.717, 1.165) is 31.5 Å². The molecule has 3 rings (SSSR count). The number of carbonyl (C=O) groups excluding carboxylic acids is 1. The molecule has 2 N–H and O–H groups in total. The van der Waals surface area contributed by atoms with Crippen molar-refractivity contribution in [3.05, 3.63) is 54.1 Å². The van der Waals surface area contributed by atoms with Crippen LogP contribution < -0.4 is 10.6 Å². The summed E-state index contributed by atoms with van der Waals surface area (Å²) in [6.07, 6.45) is 5.67. The molecule has 1 aliphatic heterocycles. The first-order valence-electron chi connectivity index (χ1n) is 7.94. The Labute approximate surface area is 134 Å². The monoisotopic (exact) mass is 316 g/mol. The molecule has 1 saturated heterocycles. The van der Waals surface area contributed by atoms with Crippen LogP contribution in [-0.4, -0.2) is 35.3 Å². The van der Waals surface area contributed by atoms with Crippen LogP contribution in [0.3, 0.4) is 0 Å². The number of rotatable bonds is 5. The molecule has 0 atom stereocenters. The first-order valence-corrected chi connectivity index (χ1v) is 7.94. The average molecular weight is 316 g/mol. The standard InChI is InChI=1S/C17H21FN4O/c18-15-4-2-14(3-5-15)6-10-20-16(23)17(7-11-19-12-8-17)22-13-1-9-21-22/h1-5,9,13,19H,6-8,10-12H2,(H,20,23). The number of hydrogen-bond donors (Lipinski definition) is 2. The summed E-state index contributed by atoms with van der Waals surface area (Å²) in [4.78, 5) is 12.8. The Kier molecular flexibility index (Phi) is 4.71. The molecule has 0 unspecified atom stereocenters. The van der Waals surface area contributed by atoms with Gasteiger partial charge in [-0.3, -0.25) is 9.48 Å². The van der Waals surface area contributed by atoms with Crippen LogP contribution in [-0.2, 0) is 16.8 Å². The van der Waals surface area contributed by atoms with E-state index < -0.39 is 5.54 Å². The minimum absolute atomic E-state index is 0.00446. The highest BCUT2D eigenvalue weighted by Gasteiger charge is 2.41. The Balaban J connectivity index is 1.64. The van der Waals surface area contributed by atoms with E-state index in [2.05, 4.69) is 15.7 Å². The molecule has 0 bridgehead atoms. The topological polar surface area (TPSA) is 59.0 Å². The van der Waals surface area contributed by atoms with Gasteiger partial charge in [-0.25, -0.2) is 4.39 Å². The minimum Gasteiger partial charge on any atom is -0.354 e. The van der Waals surface area contributed by atoms with Gasteiger partial charge in [-0.15, -0.1) is 0 Å². The van der Waals surface area contributed by atoms with Crippen molar-refractivity contribution in [1.82, 2.24) is 20.4 Å². The zero-order chi connectivity index (χ0) is 16.1. The maximum Gasteiger partial charge on any atom is 0.248 e. The first kappa shape index (κ1) is 15.7. The quantitative estimate of drug-likeness (QED) is 0.878. The Morgan fingerprint density at radius 2 is 2.04 bits per heavy atom. The molecule has 1 fully saturated rings. The van der Waals surface area contributed by atoms with Gasteiger partial charge in [0.1, 0.15) is 11.4 Å². The number of carbonyl (C=O) groups is 1. The van der Waals surface area contributed by atoms with Crippen LogP contribution in [0, 0.1) is 5.82 Å². The summed E-state index contributed by atoms with van der Waals surface area (Å²) in [6.45, 7) is 2.12. The second kappa shape index (κ2) is 6.91. The molecule has 5 nitrogen and oxygen atoms in total. The van der Waals surface area contributed by atoms with Crippen molar-refractivity contribution in [3.63, 3.8) is 0 Å². The summed E-state index contributed by atoms with van der Waals surface area (Å²) >= 11 is 0. The first-order chi connectivity index (χ1) is 11.2. The predicted molar refractivity (Wildman–Crippen MR) is 85.4 cm³/mol. The van der Waals surface area contributed by atoms with Crippen LogP contribution in [0.1, 0.15) is 18.4 Å². The summed E-state index contributed by atoms with van der Waals surface area (Å²) in [5.74, 6) is -0.241. The van der Waals surface area contributed by atoms with Gasteiger partial charge in [0.15, 0.2) is 0 Å². The second-order valence-corrected chi connectivity index (χ2v) is 5.86. The second-order valence-electron chi connectivity index (χ2n) is 5.86. The molecule has 0 aliphatic carbocycles. The summed E-state index contributed by atoms with van der Waals surface area (Å²) < 4.78 is 14.7. The summed E-state index contributed by atoms with van der Waals surface area (Å²) in [7, 11) is 0. The van der Waals surface area contributed by atoms with Gasteiger partial charge in [0.2, 0.25) is 5.91 Å². The smallest absolute Gasteiger partial charge is 0.248 e. The normalized spacial score (nSPS) is 16.9. The average Bonchev–Trinajstić information content (AvgIpc) is 3.12. The van der Waals surface area contributed by atoms with Gasteiger partial charge in [0, 0.05) is 18.9 Å². The molecule has 1 aromatic carbocycles. The third-order valence-corrected chi connectivity index (χ3v) is 4.41. The van der Waals surface area contributed by atoms with Gasteiger partial charge in [-0.1, -0.05) is 12.1 Å². The van der Waals surface area contributed by atoms with Crippen molar-refractivity contribution in [2.75, 3.05) is 19.6 Å². The van der Waals surface area contributed by atoms with E-state index in [0.29, 0.717) is 13.0 Å². The van der Waals surface area contributed by atoms with E-state index in [1.54, 1.807) is 23.0 Å². The van der Waals surface area contributed by atoms with Gasteiger partial charge in [-0.05, 0) is 56.1 Å². The van der Waals surface area contributed by atoms with Crippen LogP contribution >= 0.6 is 0 Å². The van der Waals surface area contributed by atoms with Gasteiger partial charge >= 0.3 is 0 Å². The molecule has 0 saturated carbocycles. The third-order valence-electron chi connectivity index (χ3n) is 4.41. The molecule has 1 amide bonds. The fourth-order valence-corrected chi connectivity index (χ4v) is 3.06. The molecule has 2 heterocycles. The molecule has 2 aromatic rings. The van der Waals surface area contributed by atoms with E-state index in [4.69, 9.17) is 0 Å². The molecule has 23 heavy (non-hydrogen) atoms. The number of piperidine rings is 1. The van der Waals surface area contributed by atoms with Gasteiger partial charge in [0.25, 0.3) is 0 Å². The van der Waals surface area contributed by atoms with Crippen LogP contribution in [0.4, 0.5) is 4.39 Å². The fourth-order valence-electron chi connectivity index (χ4n) is 3.06. The third kappa shape index (κ3) is 3.42. The lowest BCUT2D eigenvalue weighted by Gasteiger charge is -2.36. The Bertz CT molecular complexity index is 633. The highest BCUT2D eigenvalue weighted by molar-refractivity contribution is 5.84. The highest BCUT2D eigenvalue weighted by atomic mass is 19.1. The molecule has 122 valence electrons. The van der Waals surface area contributed by atoms with E-state index in [1.807, 2.05) is 12.3 Å². The van der Waals surface area contributed by atoms with Gasteiger partial charge < -0.3 is 10.6 Å². The highest BCUT2D eigenvalue weighted by Crippen LogP contribution is 2.27. The van der Waals surface area contributed by atoms with Crippen molar-refractivity contribution in [2.24, 2.45) is 0 Å². The summed E-state index contributed by atoms with van der Waals surface area (Å²) in [5.41, 5.74) is 0.391. The number of halogens is 1. The molecular weight excluding hydrogens is 295 g/mol. The zero-order valence-corrected chi connectivity index (χ0v) is 13.0. The van der Waals surface area contributed by atoms with Gasteiger partial charge in [-0.2, -0.15) is 5.10 Å². The number of nitrogens with zero attached hydrogens (tertiary/aromatic N) is 2. The zero-order valence-electron chi connectivity index (χ0n) is 13.0. The van der Waals surface area contributed by atoms with Crippen molar-refractivity contribution in [3.8, 4) is 0 Å². The molecule has 0 spiro atoms. The van der Waals surface area contributed by atoms with Crippen molar-refractivity contribution >= 4 is 5.91 Å². The van der Waals surface area contributed by atoms with E-state index in [1.165, 1.54) is 12.1 Å². The van der Waals surface area contributed by atoms with Gasteiger partial charge in [0.05, 0.1) is 0 Å². The largest absolute Gasteiger partial charge is 0.354 e. The number of aromatic nitrogens is 2. The molecule has 6 heteroatoms. The number of hydrogen-bond acceptors (Lipinski definition) is 3. The Morgan fingerprint density at radius 3 is 2.70 bits per heavy atom. The molecule has 1 aromatic heterocycles. The lowest BCUT2D eigenvalue weighted by Crippen LogP contribution is -2.54. The number of amides is 1. The Hall–Kier alpha value is -2.21. The molecular formula is C17H21FN4O. The minimum atomic E-state index is -0.614. The maximum absolute atomic E-state index is 12.9. The van der Waals surface area contributed by atoms with Crippen molar-refractivity contribution in [2.45, 2.75) is 24.8 Å². The number of benzene rings is 1. The maximum atomic E-state index is 12.9.